The Morgan fingerprint density at radius 1 is 1.07 bits per heavy atom. The molecule has 0 aromatic heterocycles. The van der Waals surface area contributed by atoms with Gasteiger partial charge in [0.05, 0.1) is 6.61 Å². The topological polar surface area (TPSA) is 26.3 Å². The molecule has 0 amide bonds. The van der Waals surface area contributed by atoms with Gasteiger partial charge in [0.2, 0.25) is 5.82 Å². The lowest BCUT2D eigenvalue weighted by Crippen LogP contribution is -1.98. The highest BCUT2D eigenvalue weighted by atomic mass is 19.2. The van der Waals surface area contributed by atoms with Gasteiger partial charge in [-0.05, 0) is 42.7 Å². The van der Waals surface area contributed by atoms with Crippen molar-refractivity contribution in [3.05, 3.63) is 71.8 Å². The molecule has 0 aliphatic carbocycles. The predicted octanol–water partition coefficient (Wildman–Crippen LogP) is 5.83. The molecule has 0 saturated carbocycles. The summed E-state index contributed by atoms with van der Waals surface area (Å²) in [5.41, 5.74) is 2.65. The molecule has 0 bridgehead atoms. The van der Waals surface area contributed by atoms with Gasteiger partial charge in [-0.25, -0.2) is 4.39 Å². The van der Waals surface area contributed by atoms with Crippen LogP contribution < -0.4 is 4.74 Å². The third kappa shape index (κ3) is 5.65. The number of carbonyl (C=O) groups is 1. The minimum atomic E-state index is -0.977. The smallest absolute Gasteiger partial charge is 0.201 e. The van der Waals surface area contributed by atoms with E-state index in [1.54, 1.807) is 25.1 Å². The van der Waals surface area contributed by atoms with Gasteiger partial charge in [-0.15, -0.1) is 12.8 Å². The fourth-order valence-corrected chi connectivity index (χ4v) is 2.47. The molecule has 0 unspecified atom stereocenters. The molecular weight excluding hydrogens is 346 g/mol. The van der Waals surface area contributed by atoms with Crippen LogP contribution in [0.5, 0.6) is 5.75 Å². The van der Waals surface area contributed by atoms with Gasteiger partial charge in [0, 0.05) is 12.0 Å². The zero-order chi connectivity index (χ0) is 20.2. The predicted molar refractivity (Wildman–Crippen MR) is 106 cm³/mol. The number of terminal acetylenes is 1. The average molecular weight is 368 g/mol. The summed E-state index contributed by atoms with van der Waals surface area (Å²) in [4.78, 5) is 10.4. The molecular formula is C23H22F2O2. The van der Waals surface area contributed by atoms with Gasteiger partial charge >= 0.3 is 0 Å². The second kappa shape index (κ2) is 11.4. The molecule has 0 aliphatic rings. The number of allylic oxidation sites excluding steroid dienone is 4. The van der Waals surface area contributed by atoms with Crippen LogP contribution in [0.25, 0.3) is 16.7 Å². The molecule has 0 atom stereocenters. The number of benzene rings is 2. The highest BCUT2D eigenvalue weighted by Crippen LogP contribution is 2.30. The monoisotopic (exact) mass is 368 g/mol. The fourth-order valence-electron chi connectivity index (χ4n) is 2.47. The van der Waals surface area contributed by atoms with E-state index in [1.165, 1.54) is 12.1 Å². The summed E-state index contributed by atoms with van der Waals surface area (Å²) in [5, 5.41) is 0. The fraction of sp³-hybridized carbons (Fsp3) is 0.174. The molecule has 0 aliphatic heterocycles. The highest BCUT2D eigenvalue weighted by Gasteiger charge is 2.15. The first kappa shape index (κ1) is 21.9. The Bertz CT molecular complexity index is 831. The summed E-state index contributed by atoms with van der Waals surface area (Å²) in [7, 11) is 0. The van der Waals surface area contributed by atoms with E-state index >= 15 is 0 Å². The molecule has 4 heteroatoms. The number of rotatable bonds is 7. The van der Waals surface area contributed by atoms with Crippen molar-refractivity contribution >= 4 is 11.9 Å². The van der Waals surface area contributed by atoms with Crippen LogP contribution in [-0.4, -0.2) is 12.9 Å². The van der Waals surface area contributed by atoms with Crippen molar-refractivity contribution in [2.45, 2.75) is 20.3 Å². The molecule has 0 N–H and O–H groups in total. The molecule has 2 nitrogen and oxygen atoms in total. The van der Waals surface area contributed by atoms with E-state index in [9.17, 15) is 13.6 Å². The van der Waals surface area contributed by atoms with Crippen LogP contribution in [0.1, 0.15) is 25.8 Å². The molecule has 0 spiro atoms. The van der Waals surface area contributed by atoms with Crippen LogP contribution in [0.2, 0.25) is 0 Å². The van der Waals surface area contributed by atoms with E-state index in [4.69, 9.17) is 4.74 Å². The maximum Gasteiger partial charge on any atom is 0.201 e. The molecule has 0 heterocycles. The SMILES string of the molecule is C#C.C/C=C(\C=C/CC=O)c1ccc(-c2ccc(OCC)c(F)c2F)cc1. The first-order valence-corrected chi connectivity index (χ1v) is 8.43. The van der Waals surface area contributed by atoms with Gasteiger partial charge in [-0.2, -0.15) is 4.39 Å². The first-order chi connectivity index (χ1) is 13.1. The van der Waals surface area contributed by atoms with Crippen LogP contribution in [0.4, 0.5) is 8.78 Å². The second-order valence-corrected chi connectivity index (χ2v) is 5.30. The Morgan fingerprint density at radius 3 is 2.30 bits per heavy atom. The number of hydrogen-bond acceptors (Lipinski definition) is 2. The summed E-state index contributed by atoms with van der Waals surface area (Å²) in [5.74, 6) is -1.98. The number of ether oxygens (including phenoxy) is 1. The van der Waals surface area contributed by atoms with Gasteiger partial charge in [0.1, 0.15) is 6.29 Å². The zero-order valence-corrected chi connectivity index (χ0v) is 15.4. The molecule has 0 fully saturated rings. The lowest BCUT2D eigenvalue weighted by Gasteiger charge is -2.10. The Labute approximate surface area is 159 Å². The Kier molecular flexibility index (Phi) is 9.25. The number of halogens is 2. The van der Waals surface area contributed by atoms with Crippen LogP contribution >= 0.6 is 0 Å². The van der Waals surface area contributed by atoms with Gasteiger partial charge in [0.15, 0.2) is 11.6 Å². The van der Waals surface area contributed by atoms with E-state index in [-0.39, 0.29) is 17.9 Å². The van der Waals surface area contributed by atoms with Crippen molar-refractivity contribution in [3.63, 3.8) is 0 Å². The maximum atomic E-state index is 14.3. The van der Waals surface area contributed by atoms with Crippen molar-refractivity contribution < 1.29 is 18.3 Å². The van der Waals surface area contributed by atoms with Crippen LogP contribution in [0.15, 0.2) is 54.6 Å². The van der Waals surface area contributed by atoms with Crippen LogP contribution in [-0.2, 0) is 4.79 Å². The van der Waals surface area contributed by atoms with Crippen molar-refractivity contribution in [1.82, 2.24) is 0 Å². The molecule has 2 aromatic rings. The Hall–Kier alpha value is -3.19. The average Bonchev–Trinajstić information content (AvgIpc) is 2.71. The van der Waals surface area contributed by atoms with E-state index in [1.807, 2.05) is 31.2 Å². The molecule has 140 valence electrons. The van der Waals surface area contributed by atoms with E-state index in [0.717, 1.165) is 17.4 Å². The largest absolute Gasteiger partial charge is 0.491 e. The minimum absolute atomic E-state index is 0.0862. The first-order valence-electron chi connectivity index (χ1n) is 8.43. The van der Waals surface area contributed by atoms with Crippen molar-refractivity contribution in [1.29, 1.82) is 0 Å². The van der Waals surface area contributed by atoms with Crippen molar-refractivity contribution in [2.24, 2.45) is 0 Å². The van der Waals surface area contributed by atoms with Crippen LogP contribution in [0, 0.1) is 24.5 Å². The highest BCUT2D eigenvalue weighted by molar-refractivity contribution is 5.76. The van der Waals surface area contributed by atoms with Gasteiger partial charge in [-0.3, -0.25) is 0 Å². The summed E-state index contributed by atoms with van der Waals surface area (Å²) < 4.78 is 33.4. The second-order valence-electron chi connectivity index (χ2n) is 5.30. The van der Waals surface area contributed by atoms with E-state index in [0.29, 0.717) is 12.0 Å². The minimum Gasteiger partial charge on any atom is -0.491 e. The van der Waals surface area contributed by atoms with Gasteiger partial charge < -0.3 is 9.53 Å². The number of aldehydes is 1. The quantitative estimate of drug-likeness (QED) is 0.349. The normalized spacial score (nSPS) is 11.0. The molecule has 2 rings (SSSR count). The van der Waals surface area contributed by atoms with Crippen molar-refractivity contribution in [3.8, 4) is 29.7 Å². The van der Waals surface area contributed by atoms with Crippen molar-refractivity contribution in [2.75, 3.05) is 6.61 Å². The third-order valence-corrected chi connectivity index (χ3v) is 3.72. The standard InChI is InChI=1S/C21H20F2O2.C2H2/c1-3-15(7-5-6-14-24)16-8-10-17(11-9-16)18-12-13-19(25-4-2)21(23)20(18)22;1-2/h3,5,7-14H,4,6H2,1-2H3;1-2H/b7-5-,15-3+;. The molecule has 2 aromatic carbocycles. The third-order valence-electron chi connectivity index (χ3n) is 3.72. The molecule has 27 heavy (non-hydrogen) atoms. The maximum absolute atomic E-state index is 14.3. The summed E-state index contributed by atoms with van der Waals surface area (Å²) >= 11 is 0. The Morgan fingerprint density at radius 2 is 1.74 bits per heavy atom. The molecule has 0 radical (unpaired) electrons. The summed E-state index contributed by atoms with van der Waals surface area (Å²) in [6.07, 6.45) is 14.7. The lowest BCUT2D eigenvalue weighted by molar-refractivity contribution is -0.107. The zero-order valence-electron chi connectivity index (χ0n) is 15.4. The van der Waals surface area contributed by atoms with E-state index in [2.05, 4.69) is 12.8 Å². The lowest BCUT2D eigenvalue weighted by atomic mass is 9.99. The number of carbonyl (C=O) groups excluding carboxylic acids is 1. The molecule has 0 saturated heterocycles. The number of hydrogen-bond donors (Lipinski definition) is 0. The van der Waals surface area contributed by atoms with Crippen LogP contribution in [0.3, 0.4) is 0 Å². The van der Waals surface area contributed by atoms with Gasteiger partial charge in [0.25, 0.3) is 0 Å². The Balaban J connectivity index is 0.00000176. The summed E-state index contributed by atoms with van der Waals surface area (Å²) in [6.45, 7) is 3.89. The van der Waals surface area contributed by atoms with E-state index < -0.39 is 11.6 Å². The van der Waals surface area contributed by atoms with Gasteiger partial charge in [-0.1, -0.05) is 42.5 Å². The summed E-state index contributed by atoms with van der Waals surface area (Å²) in [6, 6.07) is 10.1.